The van der Waals surface area contributed by atoms with Crippen LogP contribution < -0.4 is 5.32 Å². The van der Waals surface area contributed by atoms with E-state index in [-0.39, 0.29) is 11.5 Å². The van der Waals surface area contributed by atoms with Crippen molar-refractivity contribution in [3.63, 3.8) is 0 Å². The van der Waals surface area contributed by atoms with Gasteiger partial charge in [-0.1, -0.05) is 6.08 Å². The van der Waals surface area contributed by atoms with Crippen LogP contribution in [0.2, 0.25) is 0 Å². The molecule has 0 saturated carbocycles. The fourth-order valence-corrected chi connectivity index (χ4v) is 0.926. The molecule has 1 heterocycles. The summed E-state index contributed by atoms with van der Waals surface area (Å²) in [6.07, 6.45) is 3.29. The third-order valence-electron chi connectivity index (χ3n) is 2.11. The number of esters is 1. The summed E-state index contributed by atoms with van der Waals surface area (Å²) in [6, 6.07) is 0.461. The van der Waals surface area contributed by atoms with Gasteiger partial charge in [0.15, 0.2) is 0 Å². The van der Waals surface area contributed by atoms with E-state index in [1.807, 2.05) is 13.0 Å². The number of carbonyl (C=O) groups is 1. The van der Waals surface area contributed by atoms with E-state index in [0.717, 1.165) is 0 Å². The lowest BCUT2D eigenvalue weighted by Gasteiger charge is -1.96. The van der Waals surface area contributed by atoms with E-state index in [1.54, 1.807) is 0 Å². The molecule has 62 valence electrons. The quantitative estimate of drug-likeness (QED) is 0.358. The highest BCUT2D eigenvalue weighted by atomic mass is 16.5. The highest BCUT2D eigenvalue weighted by Crippen LogP contribution is 2.26. The zero-order valence-corrected chi connectivity index (χ0v) is 7.05. The average Bonchev–Trinajstić information content (AvgIpc) is 2.56. The standard InChI is InChI=1S/C8H13NO2/c1-6-8(2,9-6)5-4-7(10)11-3/h4-6,9H,1-3H3/b5-4+/t6?,8-/m1/s1. The molecule has 1 N–H and O–H groups in total. The van der Waals surface area contributed by atoms with Crippen molar-refractivity contribution in [2.45, 2.75) is 25.4 Å². The van der Waals surface area contributed by atoms with E-state index in [2.05, 4.69) is 17.0 Å². The zero-order chi connectivity index (χ0) is 8.48. The smallest absolute Gasteiger partial charge is 0.330 e. The fourth-order valence-electron chi connectivity index (χ4n) is 0.926. The van der Waals surface area contributed by atoms with E-state index in [1.165, 1.54) is 13.2 Å². The normalized spacial score (nSPS) is 35.7. The molecule has 0 aromatic heterocycles. The summed E-state index contributed by atoms with van der Waals surface area (Å²) in [7, 11) is 1.37. The van der Waals surface area contributed by atoms with Gasteiger partial charge in [0.1, 0.15) is 0 Å². The number of rotatable bonds is 2. The molecule has 0 radical (unpaired) electrons. The van der Waals surface area contributed by atoms with E-state index in [0.29, 0.717) is 6.04 Å². The van der Waals surface area contributed by atoms with Crippen LogP contribution in [-0.4, -0.2) is 24.7 Å². The molecule has 0 aliphatic carbocycles. The fraction of sp³-hybridized carbons (Fsp3) is 0.625. The van der Waals surface area contributed by atoms with Crippen LogP contribution in [0.1, 0.15) is 13.8 Å². The third-order valence-corrected chi connectivity index (χ3v) is 2.11. The molecule has 0 spiro atoms. The van der Waals surface area contributed by atoms with Crippen LogP contribution in [0.25, 0.3) is 0 Å². The van der Waals surface area contributed by atoms with Gasteiger partial charge in [-0.15, -0.1) is 0 Å². The topological polar surface area (TPSA) is 48.2 Å². The van der Waals surface area contributed by atoms with E-state index < -0.39 is 0 Å². The lowest BCUT2D eigenvalue weighted by atomic mass is 10.1. The second-order valence-corrected chi connectivity index (χ2v) is 3.01. The maximum atomic E-state index is 10.7. The van der Waals surface area contributed by atoms with E-state index in [4.69, 9.17) is 0 Å². The summed E-state index contributed by atoms with van der Waals surface area (Å²) >= 11 is 0. The van der Waals surface area contributed by atoms with Gasteiger partial charge >= 0.3 is 5.97 Å². The predicted octanol–water partition coefficient (Wildman–Crippen LogP) is 0.466. The Balaban J connectivity index is 2.42. The summed E-state index contributed by atoms with van der Waals surface area (Å²) in [5, 5.41) is 3.19. The van der Waals surface area contributed by atoms with Gasteiger partial charge in [-0.05, 0) is 13.8 Å². The first-order valence-corrected chi connectivity index (χ1v) is 3.63. The van der Waals surface area contributed by atoms with E-state index in [9.17, 15) is 4.79 Å². The Hall–Kier alpha value is -0.830. The molecule has 1 rings (SSSR count). The molecular weight excluding hydrogens is 142 g/mol. The molecule has 2 atom stereocenters. The predicted molar refractivity (Wildman–Crippen MR) is 42.2 cm³/mol. The SMILES string of the molecule is COC(=O)/C=C/[C@@]1(C)NC1C. The maximum absolute atomic E-state index is 10.7. The minimum absolute atomic E-state index is 0.00813. The van der Waals surface area contributed by atoms with Gasteiger partial charge in [0.25, 0.3) is 0 Å². The van der Waals surface area contributed by atoms with Gasteiger partial charge in [0.2, 0.25) is 0 Å². The number of hydrogen-bond donors (Lipinski definition) is 1. The molecule has 1 fully saturated rings. The third kappa shape index (κ3) is 1.80. The van der Waals surface area contributed by atoms with Crippen LogP contribution in [0.15, 0.2) is 12.2 Å². The molecular formula is C8H13NO2. The second kappa shape index (κ2) is 2.66. The monoisotopic (exact) mass is 155 g/mol. The Morgan fingerprint density at radius 1 is 1.73 bits per heavy atom. The first kappa shape index (κ1) is 8.27. The second-order valence-electron chi connectivity index (χ2n) is 3.01. The lowest BCUT2D eigenvalue weighted by Crippen LogP contribution is -2.07. The Labute approximate surface area is 66.4 Å². The summed E-state index contributed by atoms with van der Waals surface area (Å²) in [5.41, 5.74) is 0.00813. The zero-order valence-electron chi connectivity index (χ0n) is 7.05. The van der Waals surface area contributed by atoms with Gasteiger partial charge in [-0.25, -0.2) is 4.79 Å². The van der Waals surface area contributed by atoms with Crippen LogP contribution >= 0.6 is 0 Å². The Bertz CT molecular complexity index is 200. The number of methoxy groups -OCH3 is 1. The van der Waals surface area contributed by atoms with Crippen molar-refractivity contribution in [3.8, 4) is 0 Å². The van der Waals surface area contributed by atoms with Crippen LogP contribution in [0.5, 0.6) is 0 Å². The minimum atomic E-state index is -0.299. The van der Waals surface area contributed by atoms with Crippen molar-refractivity contribution in [3.05, 3.63) is 12.2 Å². The number of hydrogen-bond acceptors (Lipinski definition) is 3. The Morgan fingerprint density at radius 2 is 2.27 bits per heavy atom. The van der Waals surface area contributed by atoms with E-state index >= 15 is 0 Å². The maximum Gasteiger partial charge on any atom is 0.330 e. The van der Waals surface area contributed by atoms with Crippen LogP contribution in [0.4, 0.5) is 0 Å². The molecule has 1 aliphatic heterocycles. The van der Waals surface area contributed by atoms with Crippen molar-refractivity contribution in [2.24, 2.45) is 0 Å². The van der Waals surface area contributed by atoms with Gasteiger partial charge in [-0.2, -0.15) is 0 Å². The molecule has 1 aliphatic rings. The average molecular weight is 155 g/mol. The first-order valence-electron chi connectivity index (χ1n) is 3.63. The van der Waals surface area contributed by atoms with Crippen molar-refractivity contribution in [1.82, 2.24) is 5.32 Å². The number of carbonyl (C=O) groups excluding carboxylic acids is 1. The largest absolute Gasteiger partial charge is 0.466 e. The van der Waals surface area contributed by atoms with Gasteiger partial charge in [-0.3, -0.25) is 0 Å². The van der Waals surface area contributed by atoms with Gasteiger partial charge in [0, 0.05) is 17.7 Å². The lowest BCUT2D eigenvalue weighted by molar-refractivity contribution is -0.134. The first-order chi connectivity index (χ1) is 5.08. The van der Waals surface area contributed by atoms with Crippen LogP contribution in [0.3, 0.4) is 0 Å². The molecule has 0 aromatic rings. The summed E-state index contributed by atoms with van der Waals surface area (Å²) in [4.78, 5) is 10.7. The molecule has 11 heavy (non-hydrogen) atoms. The number of nitrogens with one attached hydrogen (secondary N) is 1. The van der Waals surface area contributed by atoms with Crippen molar-refractivity contribution in [2.75, 3.05) is 7.11 Å². The molecule has 0 aromatic carbocycles. The molecule has 3 heteroatoms. The van der Waals surface area contributed by atoms with Crippen molar-refractivity contribution in [1.29, 1.82) is 0 Å². The Kier molecular flexibility index (Phi) is 2.00. The van der Waals surface area contributed by atoms with Gasteiger partial charge in [0.05, 0.1) is 7.11 Å². The summed E-state index contributed by atoms with van der Waals surface area (Å²) in [6.45, 7) is 4.11. The van der Waals surface area contributed by atoms with Crippen LogP contribution in [0, 0.1) is 0 Å². The van der Waals surface area contributed by atoms with Gasteiger partial charge < -0.3 is 10.1 Å². The number of ether oxygens (including phenoxy) is 1. The van der Waals surface area contributed by atoms with Crippen molar-refractivity contribution < 1.29 is 9.53 Å². The van der Waals surface area contributed by atoms with Crippen LogP contribution in [-0.2, 0) is 9.53 Å². The molecule has 1 unspecified atom stereocenters. The molecule has 3 nitrogen and oxygen atoms in total. The molecule has 0 bridgehead atoms. The summed E-state index contributed by atoms with van der Waals surface area (Å²) in [5.74, 6) is -0.299. The minimum Gasteiger partial charge on any atom is -0.466 e. The molecule has 1 saturated heterocycles. The molecule has 0 amide bonds. The highest BCUT2D eigenvalue weighted by molar-refractivity contribution is 5.82. The van der Waals surface area contributed by atoms with Crippen molar-refractivity contribution >= 4 is 5.97 Å². The highest BCUT2D eigenvalue weighted by Gasteiger charge is 2.43. The Morgan fingerprint density at radius 3 is 2.64 bits per heavy atom. The summed E-state index contributed by atoms with van der Waals surface area (Å²) < 4.78 is 4.46.